The molecule has 16 heavy (non-hydrogen) atoms. The van der Waals surface area contributed by atoms with Crippen molar-refractivity contribution in [3.8, 4) is 0 Å². The van der Waals surface area contributed by atoms with Gasteiger partial charge in [-0.2, -0.15) is 0 Å². The Hall–Kier alpha value is -1.35. The van der Waals surface area contributed by atoms with Gasteiger partial charge in [-0.1, -0.05) is 29.8 Å². The molecule has 2 rings (SSSR count). The van der Waals surface area contributed by atoms with Gasteiger partial charge in [-0.3, -0.25) is 0 Å². The van der Waals surface area contributed by atoms with E-state index in [1.165, 1.54) is 11.1 Å². The number of aromatic amines is 1. The van der Waals surface area contributed by atoms with Crippen LogP contribution in [0.25, 0.3) is 0 Å². The number of aromatic nitrogens is 2. The molecule has 1 aromatic carbocycles. The number of hydrogen-bond acceptors (Lipinski definition) is 1. The molecule has 0 spiro atoms. The van der Waals surface area contributed by atoms with Gasteiger partial charge >= 0.3 is 0 Å². The van der Waals surface area contributed by atoms with Gasteiger partial charge in [-0.25, -0.2) is 0 Å². The van der Waals surface area contributed by atoms with Crippen LogP contribution < -0.4 is 0 Å². The Labute approximate surface area is 101 Å². The highest BCUT2D eigenvalue weighted by atomic mass is 32.1. The standard InChI is InChI=1S/C13H16N2S/c1-9-4-6-12(7-5-9)11(3)15-10(2)8-14-13(15)16/h4-8,11H,1-3H3,(H,14,16). The summed E-state index contributed by atoms with van der Waals surface area (Å²) in [6.45, 7) is 6.33. The van der Waals surface area contributed by atoms with E-state index in [1.807, 2.05) is 6.20 Å². The fourth-order valence-corrected chi connectivity index (χ4v) is 2.30. The van der Waals surface area contributed by atoms with Crippen LogP contribution in [0.3, 0.4) is 0 Å². The normalized spacial score (nSPS) is 12.7. The number of hydrogen-bond donors (Lipinski definition) is 1. The van der Waals surface area contributed by atoms with Gasteiger partial charge < -0.3 is 9.55 Å². The number of nitrogens with zero attached hydrogens (tertiary/aromatic N) is 1. The largest absolute Gasteiger partial charge is 0.337 e. The van der Waals surface area contributed by atoms with Crippen molar-refractivity contribution in [1.29, 1.82) is 0 Å². The summed E-state index contributed by atoms with van der Waals surface area (Å²) in [5.41, 5.74) is 3.73. The summed E-state index contributed by atoms with van der Waals surface area (Å²) in [6, 6.07) is 8.87. The van der Waals surface area contributed by atoms with Crippen LogP contribution in [0.15, 0.2) is 30.5 Å². The first-order chi connectivity index (χ1) is 7.59. The number of rotatable bonds is 2. The molecule has 0 aliphatic heterocycles. The molecule has 1 heterocycles. The first-order valence-corrected chi connectivity index (χ1v) is 5.83. The Bertz CT molecular complexity index is 534. The SMILES string of the molecule is Cc1ccc(C(C)n2c(C)c[nH]c2=S)cc1. The summed E-state index contributed by atoms with van der Waals surface area (Å²) >= 11 is 5.28. The maximum Gasteiger partial charge on any atom is 0.177 e. The molecule has 0 aliphatic carbocycles. The first kappa shape index (κ1) is 11.1. The molecular formula is C13H16N2S. The Kier molecular flexibility index (Phi) is 2.97. The topological polar surface area (TPSA) is 20.7 Å². The van der Waals surface area contributed by atoms with E-state index in [4.69, 9.17) is 12.2 Å². The second kappa shape index (κ2) is 4.26. The Balaban J connectivity index is 2.43. The van der Waals surface area contributed by atoms with Crippen molar-refractivity contribution < 1.29 is 0 Å². The average Bonchev–Trinajstić information content (AvgIpc) is 2.59. The summed E-state index contributed by atoms with van der Waals surface area (Å²) in [5, 5.41) is 0. The minimum absolute atomic E-state index is 0.277. The van der Waals surface area contributed by atoms with Crippen molar-refractivity contribution in [2.24, 2.45) is 0 Å². The lowest BCUT2D eigenvalue weighted by Gasteiger charge is -2.16. The van der Waals surface area contributed by atoms with Crippen LogP contribution in [0.2, 0.25) is 0 Å². The Morgan fingerprint density at radius 2 is 1.81 bits per heavy atom. The number of benzene rings is 1. The van der Waals surface area contributed by atoms with E-state index in [-0.39, 0.29) is 6.04 Å². The predicted octanol–water partition coefficient (Wildman–Crippen LogP) is 3.77. The molecule has 1 N–H and O–H groups in total. The first-order valence-electron chi connectivity index (χ1n) is 5.42. The summed E-state index contributed by atoms with van der Waals surface area (Å²) < 4.78 is 2.92. The molecule has 0 saturated heterocycles. The minimum Gasteiger partial charge on any atom is -0.337 e. The van der Waals surface area contributed by atoms with E-state index in [1.54, 1.807) is 0 Å². The molecule has 1 unspecified atom stereocenters. The number of nitrogens with one attached hydrogen (secondary N) is 1. The Morgan fingerprint density at radius 3 is 2.31 bits per heavy atom. The van der Waals surface area contributed by atoms with E-state index in [0.29, 0.717) is 0 Å². The van der Waals surface area contributed by atoms with E-state index in [0.717, 1.165) is 10.5 Å². The molecule has 1 atom stereocenters. The zero-order chi connectivity index (χ0) is 11.7. The smallest absolute Gasteiger partial charge is 0.177 e. The molecular weight excluding hydrogens is 216 g/mol. The zero-order valence-corrected chi connectivity index (χ0v) is 10.6. The number of H-pyrrole nitrogens is 1. The average molecular weight is 232 g/mol. The number of aryl methyl sites for hydroxylation is 2. The van der Waals surface area contributed by atoms with Crippen molar-refractivity contribution in [3.63, 3.8) is 0 Å². The summed E-state index contributed by atoms with van der Waals surface area (Å²) in [7, 11) is 0. The molecule has 0 amide bonds. The van der Waals surface area contributed by atoms with E-state index >= 15 is 0 Å². The van der Waals surface area contributed by atoms with Crippen LogP contribution in [0.4, 0.5) is 0 Å². The zero-order valence-electron chi connectivity index (χ0n) is 9.82. The van der Waals surface area contributed by atoms with Gasteiger partial charge in [0.25, 0.3) is 0 Å². The van der Waals surface area contributed by atoms with Crippen LogP contribution in [0, 0.1) is 18.6 Å². The highest BCUT2D eigenvalue weighted by molar-refractivity contribution is 7.71. The van der Waals surface area contributed by atoms with Crippen molar-refractivity contribution in [1.82, 2.24) is 9.55 Å². The lowest BCUT2D eigenvalue weighted by atomic mass is 10.1. The fourth-order valence-electron chi connectivity index (χ4n) is 1.94. The van der Waals surface area contributed by atoms with Crippen LogP contribution in [0.1, 0.15) is 29.8 Å². The lowest BCUT2D eigenvalue weighted by molar-refractivity contribution is 0.614. The molecule has 3 heteroatoms. The van der Waals surface area contributed by atoms with E-state index in [9.17, 15) is 0 Å². The molecule has 0 saturated carbocycles. The summed E-state index contributed by atoms with van der Waals surface area (Å²) in [5.74, 6) is 0. The molecule has 1 aromatic heterocycles. The van der Waals surface area contributed by atoms with Crippen molar-refractivity contribution >= 4 is 12.2 Å². The van der Waals surface area contributed by atoms with Gasteiger partial charge in [0.2, 0.25) is 0 Å². The van der Waals surface area contributed by atoms with Gasteiger partial charge in [0.1, 0.15) is 0 Å². The van der Waals surface area contributed by atoms with Gasteiger partial charge in [-0.05, 0) is 38.6 Å². The monoisotopic (exact) mass is 232 g/mol. The second-order valence-electron chi connectivity index (χ2n) is 4.19. The van der Waals surface area contributed by atoms with Gasteiger partial charge in [0, 0.05) is 11.9 Å². The van der Waals surface area contributed by atoms with Gasteiger partial charge in [0.05, 0.1) is 6.04 Å². The third kappa shape index (κ3) is 1.95. The van der Waals surface area contributed by atoms with Crippen LogP contribution in [-0.4, -0.2) is 9.55 Å². The molecule has 0 fully saturated rings. The summed E-state index contributed by atoms with van der Waals surface area (Å²) in [6.07, 6.45) is 1.95. The maximum absolute atomic E-state index is 5.28. The molecule has 0 bridgehead atoms. The van der Waals surface area contributed by atoms with E-state index in [2.05, 4.69) is 54.6 Å². The highest BCUT2D eigenvalue weighted by Crippen LogP contribution is 2.20. The maximum atomic E-state index is 5.28. The molecule has 2 aromatic rings. The second-order valence-corrected chi connectivity index (χ2v) is 4.58. The minimum atomic E-state index is 0.277. The van der Waals surface area contributed by atoms with Crippen molar-refractivity contribution in [3.05, 3.63) is 52.1 Å². The van der Waals surface area contributed by atoms with Gasteiger partial charge in [-0.15, -0.1) is 0 Å². The fraction of sp³-hybridized carbons (Fsp3) is 0.308. The van der Waals surface area contributed by atoms with Crippen LogP contribution in [-0.2, 0) is 0 Å². The van der Waals surface area contributed by atoms with Crippen LogP contribution in [0.5, 0.6) is 0 Å². The van der Waals surface area contributed by atoms with Crippen LogP contribution >= 0.6 is 12.2 Å². The van der Waals surface area contributed by atoms with Crippen molar-refractivity contribution in [2.45, 2.75) is 26.8 Å². The third-order valence-corrected chi connectivity index (χ3v) is 3.26. The molecule has 0 radical (unpaired) electrons. The highest BCUT2D eigenvalue weighted by Gasteiger charge is 2.10. The van der Waals surface area contributed by atoms with E-state index < -0.39 is 0 Å². The lowest BCUT2D eigenvalue weighted by Crippen LogP contribution is -2.08. The third-order valence-electron chi connectivity index (χ3n) is 2.95. The summed E-state index contributed by atoms with van der Waals surface area (Å²) in [4.78, 5) is 3.08. The molecule has 0 aliphatic rings. The predicted molar refractivity (Wildman–Crippen MR) is 69.3 cm³/mol. The number of imidazole rings is 1. The Morgan fingerprint density at radius 1 is 1.19 bits per heavy atom. The van der Waals surface area contributed by atoms with Crippen molar-refractivity contribution in [2.75, 3.05) is 0 Å². The van der Waals surface area contributed by atoms with Gasteiger partial charge in [0.15, 0.2) is 4.77 Å². The molecule has 84 valence electrons. The quantitative estimate of drug-likeness (QED) is 0.782. The molecule has 2 nitrogen and oxygen atoms in total.